The number of nitrogens with one attached hydrogen (secondary N) is 1. The SMILES string of the molecule is COC(=O)C1=C(NC(C)(C)CC(C)(C)C)Oc2c(ccccc2=O)C1C(=O)OC. The zero-order valence-electron chi connectivity index (χ0n) is 18.0. The maximum absolute atomic E-state index is 12.7. The average molecular weight is 403 g/mol. The highest BCUT2D eigenvalue weighted by Gasteiger charge is 2.42. The molecule has 0 aliphatic carbocycles. The van der Waals surface area contributed by atoms with Gasteiger partial charge in [-0.25, -0.2) is 4.79 Å². The molecule has 0 amide bonds. The second-order valence-corrected chi connectivity index (χ2v) is 8.91. The molecule has 1 atom stereocenters. The number of methoxy groups -OCH3 is 2. The van der Waals surface area contributed by atoms with Crippen LogP contribution in [0.1, 0.15) is 52.5 Å². The minimum Gasteiger partial charge on any atom is -0.468 e. The van der Waals surface area contributed by atoms with E-state index in [0.717, 1.165) is 6.42 Å². The van der Waals surface area contributed by atoms with Crippen LogP contribution in [0.25, 0.3) is 0 Å². The first-order valence-corrected chi connectivity index (χ1v) is 9.40. The third-order valence-corrected chi connectivity index (χ3v) is 4.44. The van der Waals surface area contributed by atoms with Gasteiger partial charge in [-0.05, 0) is 31.7 Å². The molecule has 1 aliphatic rings. The Morgan fingerprint density at radius 3 is 2.24 bits per heavy atom. The van der Waals surface area contributed by atoms with Gasteiger partial charge in [-0.15, -0.1) is 0 Å². The molecule has 29 heavy (non-hydrogen) atoms. The van der Waals surface area contributed by atoms with Gasteiger partial charge < -0.3 is 19.5 Å². The van der Waals surface area contributed by atoms with E-state index in [4.69, 9.17) is 14.2 Å². The highest BCUT2D eigenvalue weighted by atomic mass is 16.5. The standard InChI is InChI=1S/C22H29NO6/c1-21(2,3)12-22(4,5)23-18-16(20(26)28-7)15(19(25)27-6)13-10-8-9-11-14(24)17(13)29-18/h8-11,15,23H,12H2,1-7H3. The predicted octanol–water partition coefficient (Wildman–Crippen LogP) is 2.88. The van der Waals surface area contributed by atoms with Crippen LogP contribution in [-0.4, -0.2) is 31.7 Å². The van der Waals surface area contributed by atoms with Crippen molar-refractivity contribution in [1.82, 2.24) is 5.32 Å². The number of ether oxygens (including phenoxy) is 3. The van der Waals surface area contributed by atoms with Crippen LogP contribution in [0.4, 0.5) is 0 Å². The Morgan fingerprint density at radius 1 is 1.07 bits per heavy atom. The van der Waals surface area contributed by atoms with Crippen molar-refractivity contribution >= 4 is 11.9 Å². The van der Waals surface area contributed by atoms with Crippen molar-refractivity contribution in [3.63, 3.8) is 0 Å². The summed E-state index contributed by atoms with van der Waals surface area (Å²) in [5.41, 5.74) is -0.709. The van der Waals surface area contributed by atoms with Crippen molar-refractivity contribution < 1.29 is 23.8 Å². The van der Waals surface area contributed by atoms with Crippen molar-refractivity contribution in [3.05, 3.63) is 51.5 Å². The zero-order chi connectivity index (χ0) is 22.0. The Morgan fingerprint density at radius 2 is 1.69 bits per heavy atom. The minimum atomic E-state index is -1.15. The number of esters is 2. The fourth-order valence-electron chi connectivity index (χ4n) is 3.83. The highest BCUT2D eigenvalue weighted by molar-refractivity contribution is 6.00. The quantitative estimate of drug-likeness (QED) is 0.756. The molecule has 158 valence electrons. The van der Waals surface area contributed by atoms with Gasteiger partial charge in [0.15, 0.2) is 5.75 Å². The van der Waals surface area contributed by atoms with Crippen molar-refractivity contribution in [3.8, 4) is 5.75 Å². The fourth-order valence-corrected chi connectivity index (χ4v) is 3.83. The van der Waals surface area contributed by atoms with Crippen molar-refractivity contribution in [2.45, 2.75) is 52.5 Å². The van der Waals surface area contributed by atoms with E-state index in [-0.39, 0.29) is 28.2 Å². The molecular formula is C22H29NO6. The van der Waals surface area contributed by atoms with E-state index in [1.54, 1.807) is 18.2 Å². The van der Waals surface area contributed by atoms with Crippen LogP contribution in [0, 0.1) is 5.41 Å². The molecule has 0 bridgehead atoms. The Bertz CT molecular complexity index is 895. The minimum absolute atomic E-state index is 0.0209. The van der Waals surface area contributed by atoms with E-state index < -0.39 is 28.8 Å². The van der Waals surface area contributed by atoms with Gasteiger partial charge in [0.1, 0.15) is 11.5 Å². The lowest BCUT2D eigenvalue weighted by atomic mass is 9.81. The van der Waals surface area contributed by atoms with E-state index in [1.165, 1.54) is 20.3 Å². The van der Waals surface area contributed by atoms with Gasteiger partial charge in [0.2, 0.25) is 11.3 Å². The summed E-state index contributed by atoms with van der Waals surface area (Å²) in [6, 6.07) is 6.07. The summed E-state index contributed by atoms with van der Waals surface area (Å²) in [4.78, 5) is 37.9. The van der Waals surface area contributed by atoms with Crippen LogP contribution in [0.2, 0.25) is 0 Å². The molecule has 2 rings (SSSR count). The third-order valence-electron chi connectivity index (χ3n) is 4.44. The molecule has 1 heterocycles. The first-order valence-electron chi connectivity index (χ1n) is 9.40. The number of carbonyl (C=O) groups is 2. The largest absolute Gasteiger partial charge is 0.468 e. The Kier molecular flexibility index (Phi) is 6.40. The molecule has 0 saturated carbocycles. The lowest BCUT2D eigenvalue weighted by Gasteiger charge is -2.37. The smallest absolute Gasteiger partial charge is 0.340 e. The summed E-state index contributed by atoms with van der Waals surface area (Å²) >= 11 is 0. The van der Waals surface area contributed by atoms with E-state index in [0.29, 0.717) is 0 Å². The summed E-state index contributed by atoms with van der Waals surface area (Å²) in [5, 5.41) is 3.21. The van der Waals surface area contributed by atoms with Gasteiger partial charge in [-0.1, -0.05) is 39.0 Å². The number of hydrogen-bond donors (Lipinski definition) is 1. The Balaban J connectivity index is 2.71. The molecule has 7 nitrogen and oxygen atoms in total. The predicted molar refractivity (Wildman–Crippen MR) is 108 cm³/mol. The summed E-state index contributed by atoms with van der Waals surface area (Å²) in [5.74, 6) is -2.57. The number of rotatable bonds is 5. The van der Waals surface area contributed by atoms with E-state index in [2.05, 4.69) is 26.1 Å². The molecule has 0 saturated heterocycles. The molecule has 0 aromatic heterocycles. The monoisotopic (exact) mass is 403 g/mol. The van der Waals surface area contributed by atoms with Gasteiger partial charge >= 0.3 is 11.9 Å². The zero-order valence-corrected chi connectivity index (χ0v) is 18.0. The third kappa shape index (κ3) is 5.16. The molecule has 1 N–H and O–H groups in total. The second-order valence-electron chi connectivity index (χ2n) is 8.91. The summed E-state index contributed by atoms with van der Waals surface area (Å²) in [6.07, 6.45) is 0.726. The molecule has 1 unspecified atom stereocenters. The molecule has 0 spiro atoms. The van der Waals surface area contributed by atoms with Crippen molar-refractivity contribution in [2.75, 3.05) is 14.2 Å². The van der Waals surface area contributed by atoms with Gasteiger partial charge in [-0.2, -0.15) is 0 Å². The second kappa shape index (κ2) is 8.27. The highest BCUT2D eigenvalue weighted by Crippen LogP contribution is 2.39. The van der Waals surface area contributed by atoms with Crippen LogP contribution < -0.4 is 15.5 Å². The Labute approximate surface area is 171 Å². The molecule has 1 aromatic rings. The van der Waals surface area contributed by atoms with Crippen LogP contribution >= 0.6 is 0 Å². The van der Waals surface area contributed by atoms with Crippen molar-refractivity contribution in [2.24, 2.45) is 5.41 Å². The van der Waals surface area contributed by atoms with Crippen LogP contribution in [-0.2, 0) is 19.1 Å². The first kappa shape index (κ1) is 22.5. The van der Waals surface area contributed by atoms with E-state index >= 15 is 0 Å². The average Bonchev–Trinajstić information content (AvgIpc) is 2.78. The van der Waals surface area contributed by atoms with Gasteiger partial charge in [0.05, 0.1) is 14.2 Å². The Hall–Kier alpha value is -2.83. The number of fused-ring (bicyclic) bond motifs is 1. The first-order chi connectivity index (χ1) is 13.4. The van der Waals surface area contributed by atoms with Gasteiger partial charge in [0.25, 0.3) is 0 Å². The van der Waals surface area contributed by atoms with Crippen molar-refractivity contribution in [1.29, 1.82) is 0 Å². The summed E-state index contributed by atoms with van der Waals surface area (Å²) < 4.78 is 15.7. The lowest BCUT2D eigenvalue weighted by Crippen LogP contribution is -2.46. The molecule has 7 heteroatoms. The number of hydrogen-bond acceptors (Lipinski definition) is 7. The fraction of sp³-hybridized carbons (Fsp3) is 0.500. The summed E-state index contributed by atoms with van der Waals surface area (Å²) in [6.45, 7) is 10.2. The van der Waals surface area contributed by atoms with E-state index in [1.807, 2.05) is 13.8 Å². The van der Waals surface area contributed by atoms with Gasteiger partial charge in [-0.3, -0.25) is 9.59 Å². The molecule has 0 radical (unpaired) electrons. The van der Waals surface area contributed by atoms with E-state index in [9.17, 15) is 14.4 Å². The topological polar surface area (TPSA) is 90.9 Å². The lowest BCUT2D eigenvalue weighted by molar-refractivity contribution is -0.145. The summed E-state index contributed by atoms with van der Waals surface area (Å²) in [7, 11) is 2.45. The van der Waals surface area contributed by atoms with Gasteiger partial charge in [0, 0.05) is 11.1 Å². The molecular weight excluding hydrogens is 374 g/mol. The number of carbonyl (C=O) groups excluding carboxylic acids is 2. The maximum atomic E-state index is 12.7. The maximum Gasteiger partial charge on any atom is 0.340 e. The molecule has 1 aliphatic heterocycles. The molecule has 0 fully saturated rings. The van der Waals surface area contributed by atoms with Crippen LogP contribution in [0.15, 0.2) is 40.5 Å². The van der Waals surface area contributed by atoms with Crippen LogP contribution in [0.5, 0.6) is 5.75 Å². The normalized spacial score (nSPS) is 16.4. The molecule has 1 aromatic carbocycles. The van der Waals surface area contributed by atoms with Crippen LogP contribution in [0.3, 0.4) is 0 Å².